The van der Waals surface area contributed by atoms with Crippen molar-refractivity contribution in [3.63, 3.8) is 0 Å². The van der Waals surface area contributed by atoms with Crippen molar-refractivity contribution in [2.45, 2.75) is 18.8 Å². The fourth-order valence-corrected chi connectivity index (χ4v) is 3.62. The minimum absolute atomic E-state index is 0.0561. The molecule has 8 heteroatoms. The zero-order chi connectivity index (χ0) is 18.1. The molecule has 0 unspecified atom stereocenters. The second kappa shape index (κ2) is 7.25. The third-order valence-electron chi connectivity index (χ3n) is 4.50. The van der Waals surface area contributed by atoms with Crippen molar-refractivity contribution in [1.82, 2.24) is 15.1 Å². The molecule has 134 valence electrons. The zero-order valence-corrected chi connectivity index (χ0v) is 16.0. The predicted octanol–water partition coefficient (Wildman–Crippen LogP) is 4.77. The summed E-state index contributed by atoms with van der Waals surface area (Å²) in [5.41, 5.74) is 1.28. The quantitative estimate of drug-likeness (QED) is 0.591. The number of hydrogen-bond donors (Lipinski definition) is 0. The highest BCUT2D eigenvalue weighted by Gasteiger charge is 2.29. The normalized spacial score (nSPS) is 15.4. The Labute approximate surface area is 163 Å². The average Bonchev–Trinajstić information content (AvgIpc) is 3.35. The van der Waals surface area contributed by atoms with E-state index in [1.165, 1.54) is 0 Å². The number of carbonyl (C=O) groups is 1. The number of rotatable bonds is 3. The lowest BCUT2D eigenvalue weighted by atomic mass is 9.96. The molecule has 0 spiro atoms. The van der Waals surface area contributed by atoms with Crippen LogP contribution in [0.4, 0.5) is 0 Å². The number of amides is 1. The highest BCUT2D eigenvalue weighted by molar-refractivity contribution is 9.10. The van der Waals surface area contributed by atoms with E-state index >= 15 is 0 Å². The van der Waals surface area contributed by atoms with Crippen LogP contribution in [-0.4, -0.2) is 34.1 Å². The van der Waals surface area contributed by atoms with E-state index in [0.29, 0.717) is 35.5 Å². The van der Waals surface area contributed by atoms with Gasteiger partial charge in [-0.3, -0.25) is 4.79 Å². The van der Waals surface area contributed by atoms with Crippen molar-refractivity contribution in [2.24, 2.45) is 0 Å². The van der Waals surface area contributed by atoms with Crippen LogP contribution >= 0.6 is 27.5 Å². The fraction of sp³-hybridized carbons (Fsp3) is 0.278. The maximum Gasteiger partial charge on any atom is 0.255 e. The van der Waals surface area contributed by atoms with Crippen LogP contribution in [-0.2, 0) is 0 Å². The van der Waals surface area contributed by atoms with E-state index in [1.54, 1.807) is 30.7 Å². The minimum atomic E-state index is -0.0561. The number of likely N-dealkylation sites (tertiary alicyclic amines) is 1. The molecule has 26 heavy (non-hydrogen) atoms. The van der Waals surface area contributed by atoms with Gasteiger partial charge in [0.2, 0.25) is 5.89 Å². The molecule has 1 amide bonds. The van der Waals surface area contributed by atoms with Gasteiger partial charge in [0.05, 0.1) is 22.4 Å². The molecule has 0 N–H and O–H groups in total. The van der Waals surface area contributed by atoms with Crippen molar-refractivity contribution >= 4 is 33.4 Å². The Hall–Kier alpha value is -2.12. The Morgan fingerprint density at radius 3 is 2.77 bits per heavy atom. The lowest BCUT2D eigenvalue weighted by Gasteiger charge is -2.30. The molecule has 1 saturated heterocycles. The van der Waals surface area contributed by atoms with Crippen LogP contribution in [0.15, 0.2) is 50.1 Å². The van der Waals surface area contributed by atoms with E-state index in [9.17, 15) is 4.79 Å². The van der Waals surface area contributed by atoms with Crippen LogP contribution in [0.1, 0.15) is 35.0 Å². The lowest BCUT2D eigenvalue weighted by Crippen LogP contribution is -2.38. The summed E-state index contributed by atoms with van der Waals surface area (Å²) in [6, 6.07) is 7.08. The molecule has 1 aliphatic heterocycles. The summed E-state index contributed by atoms with van der Waals surface area (Å²) in [4.78, 5) is 14.6. The van der Waals surface area contributed by atoms with E-state index < -0.39 is 0 Å². The lowest BCUT2D eigenvalue weighted by molar-refractivity contribution is 0.0706. The molecule has 0 radical (unpaired) electrons. The molecule has 4 rings (SSSR count). The first-order valence-electron chi connectivity index (χ1n) is 8.22. The first kappa shape index (κ1) is 17.3. The van der Waals surface area contributed by atoms with Crippen LogP contribution in [0.3, 0.4) is 0 Å². The third kappa shape index (κ3) is 3.41. The Morgan fingerprint density at radius 1 is 1.23 bits per heavy atom. The predicted molar refractivity (Wildman–Crippen MR) is 99.0 cm³/mol. The molecule has 1 aliphatic rings. The van der Waals surface area contributed by atoms with Crippen molar-refractivity contribution in [3.05, 3.63) is 57.7 Å². The molecule has 3 aromatic rings. The average molecular weight is 437 g/mol. The van der Waals surface area contributed by atoms with Crippen molar-refractivity contribution in [1.29, 1.82) is 0 Å². The molecule has 0 saturated carbocycles. The first-order valence-corrected chi connectivity index (χ1v) is 9.39. The minimum Gasteiger partial charge on any atom is -0.472 e. The number of carbonyl (C=O) groups excluding carboxylic acids is 1. The summed E-state index contributed by atoms with van der Waals surface area (Å²) in [6.45, 7) is 1.24. The van der Waals surface area contributed by atoms with Gasteiger partial charge in [0, 0.05) is 23.5 Å². The zero-order valence-electron chi connectivity index (χ0n) is 13.7. The van der Waals surface area contributed by atoms with Crippen LogP contribution in [0, 0.1) is 0 Å². The molecule has 0 bridgehead atoms. The van der Waals surface area contributed by atoms with Gasteiger partial charge in [0.1, 0.15) is 6.26 Å². The topological polar surface area (TPSA) is 72.4 Å². The van der Waals surface area contributed by atoms with Gasteiger partial charge in [-0.2, -0.15) is 0 Å². The molecule has 1 fully saturated rings. The molecule has 0 atom stereocenters. The van der Waals surface area contributed by atoms with Crippen molar-refractivity contribution in [2.75, 3.05) is 13.1 Å². The van der Waals surface area contributed by atoms with Gasteiger partial charge >= 0.3 is 0 Å². The van der Waals surface area contributed by atoms with Gasteiger partial charge in [-0.05, 0) is 37.1 Å². The van der Waals surface area contributed by atoms with E-state index in [2.05, 4.69) is 26.1 Å². The van der Waals surface area contributed by atoms with Crippen molar-refractivity contribution < 1.29 is 13.6 Å². The number of aromatic nitrogens is 2. The van der Waals surface area contributed by atoms with Gasteiger partial charge in [0.25, 0.3) is 11.8 Å². The van der Waals surface area contributed by atoms with E-state index in [1.807, 2.05) is 11.0 Å². The Bertz CT molecular complexity index is 918. The Morgan fingerprint density at radius 2 is 2.04 bits per heavy atom. The highest BCUT2D eigenvalue weighted by Crippen LogP contribution is 2.31. The molecule has 6 nitrogen and oxygen atoms in total. The largest absolute Gasteiger partial charge is 0.472 e. The monoisotopic (exact) mass is 435 g/mol. The summed E-state index contributed by atoms with van der Waals surface area (Å²) in [6.07, 6.45) is 4.67. The fourth-order valence-electron chi connectivity index (χ4n) is 3.06. The molecular weight excluding hydrogens is 422 g/mol. The van der Waals surface area contributed by atoms with E-state index in [4.69, 9.17) is 20.4 Å². The van der Waals surface area contributed by atoms with Gasteiger partial charge in [-0.1, -0.05) is 27.5 Å². The number of nitrogens with zero attached hydrogens (tertiary/aromatic N) is 3. The second-order valence-electron chi connectivity index (χ2n) is 6.15. The highest BCUT2D eigenvalue weighted by atomic mass is 79.9. The molecule has 1 aromatic carbocycles. The number of furan rings is 1. The van der Waals surface area contributed by atoms with Gasteiger partial charge in [-0.15, -0.1) is 10.2 Å². The Balaban J connectivity index is 1.43. The molecule has 3 heterocycles. The smallest absolute Gasteiger partial charge is 0.255 e. The molecule has 0 aliphatic carbocycles. The maximum atomic E-state index is 12.7. The van der Waals surface area contributed by atoms with Crippen molar-refractivity contribution in [3.8, 4) is 11.5 Å². The van der Waals surface area contributed by atoms with Crippen LogP contribution < -0.4 is 0 Å². The standard InChI is InChI=1S/C18H15BrClN3O3/c19-13-1-2-15(20)14(9-13)18(24)23-6-3-11(4-7-23)16-21-22-17(26-16)12-5-8-25-10-12/h1-2,5,8-11H,3-4,6-7H2. The van der Waals surface area contributed by atoms with Crippen LogP contribution in [0.5, 0.6) is 0 Å². The molecular formula is C18H15BrClN3O3. The number of benzene rings is 1. The maximum absolute atomic E-state index is 12.7. The van der Waals surface area contributed by atoms with Gasteiger partial charge < -0.3 is 13.7 Å². The van der Waals surface area contributed by atoms with Gasteiger partial charge in [-0.25, -0.2) is 0 Å². The third-order valence-corrected chi connectivity index (χ3v) is 5.32. The Kier molecular flexibility index (Phi) is 4.82. The van der Waals surface area contributed by atoms with E-state index in [-0.39, 0.29) is 11.8 Å². The summed E-state index contributed by atoms with van der Waals surface area (Å²) in [5, 5.41) is 8.70. The summed E-state index contributed by atoms with van der Waals surface area (Å²) < 4.78 is 11.6. The van der Waals surface area contributed by atoms with E-state index in [0.717, 1.165) is 22.9 Å². The summed E-state index contributed by atoms with van der Waals surface area (Å²) in [5.74, 6) is 1.14. The SMILES string of the molecule is O=C(c1cc(Br)ccc1Cl)N1CCC(c2nnc(-c3ccoc3)o2)CC1. The van der Waals surface area contributed by atoms with Crippen LogP contribution in [0.25, 0.3) is 11.5 Å². The summed E-state index contributed by atoms with van der Waals surface area (Å²) in [7, 11) is 0. The first-order chi connectivity index (χ1) is 12.6. The number of halogens is 2. The molecule has 2 aromatic heterocycles. The summed E-state index contributed by atoms with van der Waals surface area (Å²) >= 11 is 9.56. The number of hydrogen-bond acceptors (Lipinski definition) is 5. The second-order valence-corrected chi connectivity index (χ2v) is 7.47. The number of piperidine rings is 1. The van der Waals surface area contributed by atoms with Crippen LogP contribution in [0.2, 0.25) is 5.02 Å². The van der Waals surface area contributed by atoms with Gasteiger partial charge in [0.15, 0.2) is 0 Å².